The number of allylic oxidation sites excluding steroid dienone is 20. The van der Waals surface area contributed by atoms with Crippen LogP contribution in [0, 0.1) is 0 Å². The lowest BCUT2D eigenvalue weighted by Gasteiger charge is -2.18. The molecule has 68 heavy (non-hydrogen) atoms. The molecule has 1 unspecified atom stereocenters. The van der Waals surface area contributed by atoms with E-state index in [1.807, 2.05) is 0 Å². The van der Waals surface area contributed by atoms with Gasteiger partial charge in [-0.05, 0) is 109 Å². The summed E-state index contributed by atoms with van der Waals surface area (Å²) in [5.41, 5.74) is 0. The van der Waals surface area contributed by atoms with Crippen LogP contribution in [0.5, 0.6) is 0 Å². The SMILES string of the molecule is CC/C=C\C/C=C\C/C=C\C/C=C\C/C=C\C/C=C\C/C=C\C/C=C\CCCCCCC(=O)OCC(COC(=O)CCCCCCCCC)OC(=O)CCCCCCC/C=C\C/C=C\CCCC. The predicted octanol–water partition coefficient (Wildman–Crippen LogP) is 18.5. The molecular weight excluding hydrogens is 841 g/mol. The van der Waals surface area contributed by atoms with Gasteiger partial charge in [0.05, 0.1) is 0 Å². The largest absolute Gasteiger partial charge is 0.462 e. The highest BCUT2D eigenvalue weighted by Gasteiger charge is 2.19. The number of carbonyl (C=O) groups excluding carboxylic acids is 3. The van der Waals surface area contributed by atoms with Crippen molar-refractivity contribution in [2.24, 2.45) is 0 Å². The number of rotatable bonds is 48. The summed E-state index contributed by atoms with van der Waals surface area (Å²) >= 11 is 0. The van der Waals surface area contributed by atoms with Gasteiger partial charge in [-0.15, -0.1) is 0 Å². The Morgan fingerprint density at radius 2 is 0.588 bits per heavy atom. The van der Waals surface area contributed by atoms with E-state index in [2.05, 4.69) is 142 Å². The van der Waals surface area contributed by atoms with Crippen LogP contribution in [0.3, 0.4) is 0 Å². The molecule has 384 valence electrons. The molecule has 0 bridgehead atoms. The van der Waals surface area contributed by atoms with Gasteiger partial charge in [-0.25, -0.2) is 0 Å². The van der Waals surface area contributed by atoms with Gasteiger partial charge in [-0.3, -0.25) is 14.4 Å². The number of carbonyl (C=O) groups is 3. The molecule has 0 saturated carbocycles. The minimum atomic E-state index is -0.795. The number of ether oxygens (including phenoxy) is 3. The summed E-state index contributed by atoms with van der Waals surface area (Å²) in [4.78, 5) is 37.8. The van der Waals surface area contributed by atoms with Gasteiger partial charge in [-0.1, -0.05) is 226 Å². The van der Waals surface area contributed by atoms with Gasteiger partial charge in [0, 0.05) is 19.3 Å². The van der Waals surface area contributed by atoms with Crippen molar-refractivity contribution < 1.29 is 28.6 Å². The maximum Gasteiger partial charge on any atom is 0.306 e. The maximum absolute atomic E-state index is 12.8. The van der Waals surface area contributed by atoms with Crippen molar-refractivity contribution in [1.29, 1.82) is 0 Å². The van der Waals surface area contributed by atoms with E-state index in [4.69, 9.17) is 14.2 Å². The fourth-order valence-electron chi connectivity index (χ4n) is 7.06. The van der Waals surface area contributed by atoms with Crippen LogP contribution in [-0.2, 0) is 28.6 Å². The van der Waals surface area contributed by atoms with E-state index in [0.29, 0.717) is 19.3 Å². The smallest absolute Gasteiger partial charge is 0.306 e. The van der Waals surface area contributed by atoms with Crippen molar-refractivity contribution in [2.45, 2.75) is 239 Å². The van der Waals surface area contributed by atoms with Crippen LogP contribution >= 0.6 is 0 Å². The zero-order chi connectivity index (χ0) is 49.3. The molecule has 0 spiro atoms. The molecule has 1 atom stereocenters. The topological polar surface area (TPSA) is 78.9 Å². The Kier molecular flexibility index (Phi) is 52.0. The third kappa shape index (κ3) is 52.8. The molecule has 0 fully saturated rings. The molecule has 0 saturated heterocycles. The highest BCUT2D eigenvalue weighted by Crippen LogP contribution is 2.13. The standard InChI is InChI=1S/C62H100O6/c1-4-7-10-13-16-18-20-22-24-25-26-27-28-29-30-31-32-33-34-35-36-37-38-40-41-43-46-49-52-55-61(64)67-58-59(57-66-60(63)54-51-48-45-15-12-9-6-3)68-62(65)56-53-50-47-44-42-39-23-21-19-17-14-11-8-5-2/h7,10,14,16-18,21-24,26-27,29-30,32-33,35-36,38,40,59H,4-6,8-9,11-13,15,19-20,25,28,31,34,37,39,41-58H2,1-3H3/b10-7-,17-14-,18-16-,23-21-,24-22-,27-26-,30-29-,33-32-,36-35-,40-38-. The Hall–Kier alpha value is -4.19. The first-order valence-corrected chi connectivity index (χ1v) is 27.5. The van der Waals surface area contributed by atoms with Gasteiger partial charge in [0.25, 0.3) is 0 Å². The molecule has 0 aliphatic rings. The summed E-state index contributed by atoms with van der Waals surface area (Å²) in [6.07, 6.45) is 76.3. The Balaban J connectivity index is 4.26. The van der Waals surface area contributed by atoms with E-state index in [9.17, 15) is 14.4 Å². The molecule has 6 heteroatoms. The average molecular weight is 941 g/mol. The first kappa shape index (κ1) is 63.8. The zero-order valence-corrected chi connectivity index (χ0v) is 43.8. The molecule has 0 radical (unpaired) electrons. The maximum atomic E-state index is 12.8. The summed E-state index contributed by atoms with van der Waals surface area (Å²) < 4.78 is 16.7. The van der Waals surface area contributed by atoms with Crippen LogP contribution in [0.1, 0.15) is 233 Å². The Labute approximate surface area is 418 Å². The van der Waals surface area contributed by atoms with Crippen molar-refractivity contribution in [2.75, 3.05) is 13.2 Å². The second-order valence-corrected chi connectivity index (χ2v) is 17.8. The van der Waals surface area contributed by atoms with Crippen LogP contribution in [0.4, 0.5) is 0 Å². The third-order valence-corrected chi connectivity index (χ3v) is 11.2. The molecule has 0 amide bonds. The Bertz CT molecular complexity index is 1450. The lowest BCUT2D eigenvalue weighted by molar-refractivity contribution is -0.167. The minimum Gasteiger partial charge on any atom is -0.462 e. The summed E-state index contributed by atoms with van der Waals surface area (Å²) in [5, 5.41) is 0. The second kappa shape index (κ2) is 55.4. The summed E-state index contributed by atoms with van der Waals surface area (Å²) in [7, 11) is 0. The van der Waals surface area contributed by atoms with E-state index in [1.165, 1.54) is 44.9 Å². The van der Waals surface area contributed by atoms with E-state index in [0.717, 1.165) is 148 Å². The van der Waals surface area contributed by atoms with Crippen molar-refractivity contribution in [3.63, 3.8) is 0 Å². The highest BCUT2D eigenvalue weighted by molar-refractivity contribution is 5.71. The number of esters is 3. The first-order valence-electron chi connectivity index (χ1n) is 27.5. The summed E-state index contributed by atoms with van der Waals surface area (Å²) in [6, 6.07) is 0. The molecule has 0 aliphatic heterocycles. The van der Waals surface area contributed by atoms with Crippen LogP contribution in [-0.4, -0.2) is 37.2 Å². The Morgan fingerprint density at radius 1 is 0.309 bits per heavy atom. The van der Waals surface area contributed by atoms with Gasteiger partial charge in [0.1, 0.15) is 13.2 Å². The monoisotopic (exact) mass is 941 g/mol. The first-order chi connectivity index (χ1) is 33.5. The van der Waals surface area contributed by atoms with Crippen LogP contribution in [0.2, 0.25) is 0 Å². The molecular formula is C62H100O6. The van der Waals surface area contributed by atoms with Crippen LogP contribution in [0.25, 0.3) is 0 Å². The van der Waals surface area contributed by atoms with Gasteiger partial charge in [-0.2, -0.15) is 0 Å². The minimum absolute atomic E-state index is 0.0941. The number of unbranched alkanes of at least 4 members (excludes halogenated alkanes) is 17. The van der Waals surface area contributed by atoms with Crippen molar-refractivity contribution in [3.8, 4) is 0 Å². The molecule has 0 rings (SSSR count). The van der Waals surface area contributed by atoms with E-state index >= 15 is 0 Å². The lowest BCUT2D eigenvalue weighted by Crippen LogP contribution is -2.30. The molecule has 0 aliphatic carbocycles. The van der Waals surface area contributed by atoms with E-state index < -0.39 is 6.10 Å². The van der Waals surface area contributed by atoms with Crippen molar-refractivity contribution in [3.05, 3.63) is 122 Å². The zero-order valence-electron chi connectivity index (χ0n) is 43.8. The van der Waals surface area contributed by atoms with E-state index in [-0.39, 0.29) is 31.1 Å². The summed E-state index contributed by atoms with van der Waals surface area (Å²) in [5.74, 6) is -0.947. The van der Waals surface area contributed by atoms with Crippen LogP contribution < -0.4 is 0 Å². The molecule has 0 heterocycles. The van der Waals surface area contributed by atoms with Gasteiger partial charge in [0.15, 0.2) is 6.10 Å². The second-order valence-electron chi connectivity index (χ2n) is 17.8. The summed E-state index contributed by atoms with van der Waals surface area (Å²) in [6.45, 7) is 6.39. The fourth-order valence-corrected chi connectivity index (χ4v) is 7.06. The van der Waals surface area contributed by atoms with Gasteiger partial charge in [0.2, 0.25) is 0 Å². The molecule has 0 aromatic carbocycles. The van der Waals surface area contributed by atoms with Crippen molar-refractivity contribution in [1.82, 2.24) is 0 Å². The van der Waals surface area contributed by atoms with E-state index in [1.54, 1.807) is 0 Å². The number of hydrogen-bond donors (Lipinski definition) is 0. The van der Waals surface area contributed by atoms with Crippen molar-refractivity contribution >= 4 is 17.9 Å². The lowest BCUT2D eigenvalue weighted by atomic mass is 10.1. The highest BCUT2D eigenvalue weighted by atomic mass is 16.6. The van der Waals surface area contributed by atoms with Gasteiger partial charge >= 0.3 is 17.9 Å². The fraction of sp³-hybridized carbons (Fsp3) is 0.629. The quantitative estimate of drug-likeness (QED) is 0.0262. The Morgan fingerprint density at radius 3 is 0.941 bits per heavy atom. The molecule has 0 N–H and O–H groups in total. The predicted molar refractivity (Wildman–Crippen MR) is 293 cm³/mol. The number of hydrogen-bond acceptors (Lipinski definition) is 6. The van der Waals surface area contributed by atoms with Gasteiger partial charge < -0.3 is 14.2 Å². The molecule has 0 aromatic heterocycles. The molecule has 6 nitrogen and oxygen atoms in total. The third-order valence-electron chi connectivity index (χ3n) is 11.2. The average Bonchev–Trinajstić information content (AvgIpc) is 3.34. The molecule has 0 aromatic rings. The normalized spacial score (nSPS) is 13.0. The van der Waals surface area contributed by atoms with Crippen LogP contribution in [0.15, 0.2) is 122 Å².